The van der Waals surface area contributed by atoms with E-state index in [9.17, 15) is 10.2 Å². The molecule has 3 heteroatoms. The van der Waals surface area contributed by atoms with E-state index in [1.165, 1.54) is 25.3 Å². The summed E-state index contributed by atoms with van der Waals surface area (Å²) >= 11 is 0. The first kappa shape index (κ1) is 10.7. The number of rotatable bonds is 3. The average Bonchev–Trinajstić information content (AvgIpc) is 2.75. The van der Waals surface area contributed by atoms with E-state index >= 15 is 0 Å². The molecular formula is C15H19NO2. The van der Waals surface area contributed by atoms with Crippen molar-refractivity contribution < 1.29 is 10.2 Å². The molecule has 96 valence electrons. The third-order valence-corrected chi connectivity index (χ3v) is 5.33. The first-order valence-corrected chi connectivity index (χ1v) is 6.98. The van der Waals surface area contributed by atoms with Gasteiger partial charge in [-0.2, -0.15) is 0 Å². The zero-order chi connectivity index (χ0) is 12.3. The minimum Gasteiger partial charge on any atom is -0.508 e. The van der Waals surface area contributed by atoms with Crippen molar-refractivity contribution in [3.8, 4) is 11.5 Å². The van der Waals surface area contributed by atoms with Crippen LogP contribution < -0.4 is 5.32 Å². The molecule has 3 N–H and O–H groups in total. The van der Waals surface area contributed by atoms with Crippen molar-refractivity contribution in [3.63, 3.8) is 0 Å². The normalized spacial score (nSPS) is 39.9. The van der Waals surface area contributed by atoms with Gasteiger partial charge in [0, 0.05) is 24.2 Å². The molecule has 4 rings (SSSR count). The fourth-order valence-corrected chi connectivity index (χ4v) is 4.53. The third-order valence-electron chi connectivity index (χ3n) is 5.33. The van der Waals surface area contributed by atoms with E-state index in [0.29, 0.717) is 12.6 Å². The van der Waals surface area contributed by atoms with Crippen molar-refractivity contribution >= 4 is 0 Å². The number of benzene rings is 1. The van der Waals surface area contributed by atoms with Crippen LogP contribution in [0.25, 0.3) is 0 Å². The zero-order valence-electron chi connectivity index (χ0n) is 10.3. The molecule has 4 unspecified atom stereocenters. The second kappa shape index (κ2) is 3.64. The van der Waals surface area contributed by atoms with Crippen LogP contribution in [0.5, 0.6) is 11.5 Å². The van der Waals surface area contributed by atoms with Crippen LogP contribution in [-0.4, -0.2) is 16.3 Å². The Morgan fingerprint density at radius 1 is 1.11 bits per heavy atom. The van der Waals surface area contributed by atoms with E-state index in [0.717, 1.165) is 29.2 Å². The van der Waals surface area contributed by atoms with Gasteiger partial charge >= 0.3 is 0 Å². The van der Waals surface area contributed by atoms with E-state index in [1.807, 2.05) is 0 Å². The fraction of sp³-hybridized carbons (Fsp3) is 0.600. The highest BCUT2D eigenvalue weighted by Gasteiger charge is 2.64. The van der Waals surface area contributed by atoms with E-state index in [-0.39, 0.29) is 11.5 Å². The highest BCUT2D eigenvalue weighted by atomic mass is 16.3. The Balaban J connectivity index is 1.40. The monoisotopic (exact) mass is 245 g/mol. The standard InChI is InChI=1S/C15H19NO2/c17-11-4-3-10(12(18)6-11)7-16-15-13-8-1-2-9(5-8)14(13)15/h3-4,6,8-9,13-18H,1-2,5,7H2. The van der Waals surface area contributed by atoms with Crippen LogP contribution in [0.15, 0.2) is 18.2 Å². The van der Waals surface area contributed by atoms with Crippen molar-refractivity contribution in [2.24, 2.45) is 23.7 Å². The molecule has 3 saturated carbocycles. The highest BCUT2D eigenvalue weighted by Crippen LogP contribution is 2.65. The lowest BCUT2D eigenvalue weighted by molar-refractivity contribution is 0.435. The first-order chi connectivity index (χ1) is 8.74. The summed E-state index contributed by atoms with van der Waals surface area (Å²) in [6.07, 6.45) is 4.35. The summed E-state index contributed by atoms with van der Waals surface area (Å²) in [5.74, 6) is 4.11. The summed E-state index contributed by atoms with van der Waals surface area (Å²) in [4.78, 5) is 0. The van der Waals surface area contributed by atoms with Gasteiger partial charge in [0.05, 0.1) is 0 Å². The number of hydrogen-bond donors (Lipinski definition) is 3. The van der Waals surface area contributed by atoms with Crippen LogP contribution in [0.1, 0.15) is 24.8 Å². The Hall–Kier alpha value is -1.22. The smallest absolute Gasteiger partial charge is 0.123 e. The molecule has 0 heterocycles. The molecule has 0 aliphatic heterocycles. The van der Waals surface area contributed by atoms with Gasteiger partial charge in [-0.1, -0.05) is 6.07 Å². The van der Waals surface area contributed by atoms with Gasteiger partial charge in [-0.3, -0.25) is 0 Å². The molecule has 1 aromatic carbocycles. The molecule has 0 radical (unpaired) electrons. The minimum absolute atomic E-state index is 0.123. The van der Waals surface area contributed by atoms with Crippen LogP contribution in [0.3, 0.4) is 0 Å². The summed E-state index contributed by atoms with van der Waals surface area (Å²) in [6, 6.07) is 5.52. The van der Waals surface area contributed by atoms with Crippen molar-refractivity contribution in [1.82, 2.24) is 5.32 Å². The molecule has 3 aliphatic carbocycles. The van der Waals surface area contributed by atoms with Gasteiger partial charge in [-0.05, 0) is 49.0 Å². The van der Waals surface area contributed by atoms with E-state index in [1.54, 1.807) is 12.1 Å². The van der Waals surface area contributed by atoms with Gasteiger partial charge < -0.3 is 15.5 Å². The Bertz CT molecular complexity index is 471. The van der Waals surface area contributed by atoms with Gasteiger partial charge in [0.15, 0.2) is 0 Å². The van der Waals surface area contributed by atoms with Crippen molar-refractivity contribution in [1.29, 1.82) is 0 Å². The van der Waals surface area contributed by atoms with Gasteiger partial charge in [0.25, 0.3) is 0 Å². The Labute approximate surface area is 107 Å². The van der Waals surface area contributed by atoms with Gasteiger partial charge in [-0.25, -0.2) is 0 Å². The summed E-state index contributed by atoms with van der Waals surface area (Å²) in [7, 11) is 0. The lowest BCUT2D eigenvalue weighted by atomic mass is 10.0. The molecule has 0 spiro atoms. The van der Waals surface area contributed by atoms with Crippen molar-refractivity contribution in [2.75, 3.05) is 0 Å². The van der Waals surface area contributed by atoms with Crippen LogP contribution in [0, 0.1) is 23.7 Å². The largest absolute Gasteiger partial charge is 0.508 e. The summed E-state index contributed by atoms with van der Waals surface area (Å²) in [5, 5.41) is 22.6. The molecule has 2 bridgehead atoms. The molecule has 0 aromatic heterocycles. The van der Waals surface area contributed by atoms with E-state index in [4.69, 9.17) is 0 Å². The lowest BCUT2D eigenvalue weighted by Gasteiger charge is -2.11. The van der Waals surface area contributed by atoms with Gasteiger partial charge in [-0.15, -0.1) is 0 Å². The third kappa shape index (κ3) is 1.46. The molecule has 4 atom stereocenters. The van der Waals surface area contributed by atoms with Gasteiger partial charge in [0.2, 0.25) is 0 Å². The highest BCUT2D eigenvalue weighted by molar-refractivity contribution is 5.39. The average molecular weight is 245 g/mol. The quantitative estimate of drug-likeness (QED) is 0.765. The summed E-state index contributed by atoms with van der Waals surface area (Å²) in [6.45, 7) is 0.712. The predicted octanol–water partition coefficient (Wildman–Crippen LogP) is 2.23. The lowest BCUT2D eigenvalue weighted by Crippen LogP contribution is -2.22. The Morgan fingerprint density at radius 2 is 1.83 bits per heavy atom. The molecule has 0 amide bonds. The van der Waals surface area contributed by atoms with Crippen molar-refractivity contribution in [2.45, 2.75) is 31.8 Å². The van der Waals surface area contributed by atoms with Gasteiger partial charge in [0.1, 0.15) is 11.5 Å². The maximum absolute atomic E-state index is 9.74. The van der Waals surface area contributed by atoms with Crippen molar-refractivity contribution in [3.05, 3.63) is 23.8 Å². The predicted molar refractivity (Wildman–Crippen MR) is 68.2 cm³/mol. The zero-order valence-corrected chi connectivity index (χ0v) is 10.3. The Kier molecular flexibility index (Phi) is 2.16. The van der Waals surface area contributed by atoms with Crippen LogP contribution in [0.2, 0.25) is 0 Å². The summed E-state index contributed by atoms with van der Waals surface area (Å²) in [5.41, 5.74) is 0.880. The molecule has 3 fully saturated rings. The number of hydrogen-bond acceptors (Lipinski definition) is 3. The number of phenolic OH excluding ortho intramolecular Hbond substituents is 2. The maximum Gasteiger partial charge on any atom is 0.123 e. The van der Waals surface area contributed by atoms with E-state index < -0.39 is 0 Å². The molecule has 0 saturated heterocycles. The minimum atomic E-state index is 0.123. The molecule has 3 nitrogen and oxygen atoms in total. The number of nitrogens with one attached hydrogen (secondary N) is 1. The number of phenols is 2. The fourth-order valence-electron chi connectivity index (χ4n) is 4.53. The van der Waals surface area contributed by atoms with Crippen LogP contribution in [-0.2, 0) is 6.54 Å². The molecule has 3 aliphatic rings. The second-order valence-electron chi connectivity index (χ2n) is 6.21. The Morgan fingerprint density at radius 3 is 2.50 bits per heavy atom. The molecular weight excluding hydrogens is 226 g/mol. The SMILES string of the molecule is Oc1ccc(CNC2C3C4CCC(C4)C23)c(O)c1. The summed E-state index contributed by atoms with van der Waals surface area (Å²) < 4.78 is 0. The van der Waals surface area contributed by atoms with Crippen LogP contribution in [0.4, 0.5) is 0 Å². The van der Waals surface area contributed by atoms with Crippen LogP contribution >= 0.6 is 0 Å². The molecule has 1 aromatic rings. The number of fused-ring (bicyclic) bond motifs is 5. The first-order valence-electron chi connectivity index (χ1n) is 6.98. The number of aromatic hydroxyl groups is 2. The topological polar surface area (TPSA) is 52.5 Å². The molecule has 18 heavy (non-hydrogen) atoms. The second-order valence-corrected chi connectivity index (χ2v) is 6.21. The maximum atomic E-state index is 9.74. The van der Waals surface area contributed by atoms with E-state index in [2.05, 4.69) is 5.32 Å².